The molecule has 0 bridgehead atoms. The number of alkyl halides is 4. The van der Waals surface area contributed by atoms with Crippen molar-refractivity contribution in [3.63, 3.8) is 0 Å². The van der Waals surface area contributed by atoms with Crippen LogP contribution in [-0.4, -0.2) is 10.3 Å². The van der Waals surface area contributed by atoms with E-state index in [0.29, 0.717) is 6.07 Å². The second-order valence-corrected chi connectivity index (χ2v) is 3.48. The van der Waals surface area contributed by atoms with Crippen LogP contribution in [-0.2, 0) is 6.18 Å². The summed E-state index contributed by atoms with van der Waals surface area (Å²) in [6.45, 7) is 0. The van der Waals surface area contributed by atoms with Crippen LogP contribution < -0.4 is 0 Å². The Kier molecular flexibility index (Phi) is 4.12. The number of nitrogens with zero attached hydrogens (tertiary/aromatic N) is 1. The molecule has 0 fully saturated rings. The summed E-state index contributed by atoms with van der Waals surface area (Å²) in [6.07, 6.45) is -4.61. The number of nitro groups is 1. The topological polar surface area (TPSA) is 43.1 Å². The maximum absolute atomic E-state index is 12.3. The van der Waals surface area contributed by atoms with Crippen molar-refractivity contribution < 1.29 is 18.1 Å². The van der Waals surface area contributed by atoms with Gasteiger partial charge in [0.1, 0.15) is 5.56 Å². The standard InChI is InChI=1S/C10H5BrF3NO2/c11-5-1-2-7-3-4-8(10(12,13)14)6-9(7)15(16)17/h3-4,6H,5H2. The molecule has 0 radical (unpaired) electrons. The van der Waals surface area contributed by atoms with Gasteiger partial charge in [-0.15, -0.1) is 0 Å². The Morgan fingerprint density at radius 1 is 1.41 bits per heavy atom. The van der Waals surface area contributed by atoms with Gasteiger partial charge in [-0.2, -0.15) is 13.2 Å². The molecule has 0 saturated carbocycles. The Labute approximate surface area is 103 Å². The van der Waals surface area contributed by atoms with Gasteiger partial charge in [0, 0.05) is 6.07 Å². The lowest BCUT2D eigenvalue weighted by molar-refractivity contribution is -0.385. The van der Waals surface area contributed by atoms with E-state index in [1.807, 2.05) is 0 Å². The fourth-order valence-corrected chi connectivity index (χ4v) is 1.23. The van der Waals surface area contributed by atoms with Crippen molar-refractivity contribution in [2.75, 3.05) is 5.33 Å². The zero-order chi connectivity index (χ0) is 13.1. The van der Waals surface area contributed by atoms with Crippen LogP contribution in [0, 0.1) is 22.0 Å². The predicted molar refractivity (Wildman–Crippen MR) is 58.8 cm³/mol. The number of hydrogen-bond acceptors (Lipinski definition) is 2. The first-order valence-corrected chi connectivity index (χ1v) is 5.39. The maximum Gasteiger partial charge on any atom is 0.416 e. The molecule has 0 unspecified atom stereocenters. The Balaban J connectivity index is 3.32. The fourth-order valence-electron chi connectivity index (χ4n) is 1.09. The molecular formula is C10H5BrF3NO2. The Morgan fingerprint density at radius 2 is 2.06 bits per heavy atom. The van der Waals surface area contributed by atoms with Crippen LogP contribution >= 0.6 is 15.9 Å². The first-order valence-electron chi connectivity index (χ1n) is 4.26. The van der Waals surface area contributed by atoms with E-state index >= 15 is 0 Å². The largest absolute Gasteiger partial charge is 0.416 e. The van der Waals surface area contributed by atoms with Gasteiger partial charge in [0.15, 0.2) is 0 Å². The minimum absolute atomic E-state index is 0.0394. The van der Waals surface area contributed by atoms with Crippen molar-refractivity contribution in [1.82, 2.24) is 0 Å². The molecule has 17 heavy (non-hydrogen) atoms. The first-order chi connectivity index (χ1) is 7.86. The Hall–Kier alpha value is -1.55. The summed E-state index contributed by atoms with van der Waals surface area (Å²) < 4.78 is 37.0. The lowest BCUT2D eigenvalue weighted by Gasteiger charge is -2.06. The molecule has 0 heterocycles. The molecule has 0 saturated heterocycles. The lowest BCUT2D eigenvalue weighted by atomic mass is 10.1. The summed E-state index contributed by atoms with van der Waals surface area (Å²) >= 11 is 2.99. The van der Waals surface area contributed by atoms with E-state index in [0.717, 1.165) is 12.1 Å². The average molecular weight is 308 g/mol. The Bertz CT molecular complexity index is 502. The zero-order valence-corrected chi connectivity index (χ0v) is 9.80. The fraction of sp³-hybridized carbons (Fsp3) is 0.200. The van der Waals surface area contributed by atoms with Gasteiger partial charge in [-0.1, -0.05) is 27.8 Å². The average Bonchev–Trinajstić information content (AvgIpc) is 2.24. The third-order valence-corrected chi connectivity index (χ3v) is 2.09. The van der Waals surface area contributed by atoms with Crippen molar-refractivity contribution in [2.24, 2.45) is 0 Å². The van der Waals surface area contributed by atoms with E-state index in [1.54, 1.807) is 0 Å². The van der Waals surface area contributed by atoms with Crippen LogP contribution in [0.2, 0.25) is 0 Å². The van der Waals surface area contributed by atoms with Crippen LogP contribution in [0.5, 0.6) is 0 Å². The van der Waals surface area contributed by atoms with Gasteiger partial charge >= 0.3 is 6.18 Å². The van der Waals surface area contributed by atoms with Crippen molar-refractivity contribution in [3.05, 3.63) is 39.4 Å². The first kappa shape index (κ1) is 13.5. The number of halogens is 4. The molecule has 7 heteroatoms. The van der Waals surface area contributed by atoms with E-state index in [-0.39, 0.29) is 10.9 Å². The van der Waals surface area contributed by atoms with Gasteiger partial charge < -0.3 is 0 Å². The highest BCUT2D eigenvalue weighted by Crippen LogP contribution is 2.32. The van der Waals surface area contributed by atoms with E-state index in [9.17, 15) is 23.3 Å². The van der Waals surface area contributed by atoms with Crippen LogP contribution in [0.15, 0.2) is 18.2 Å². The molecule has 1 aromatic rings. The number of rotatable bonds is 1. The van der Waals surface area contributed by atoms with Crippen LogP contribution in [0.25, 0.3) is 0 Å². The molecule has 0 atom stereocenters. The summed E-state index contributed by atoms with van der Waals surface area (Å²) in [5.74, 6) is 4.92. The van der Waals surface area contributed by atoms with Gasteiger partial charge in [0.2, 0.25) is 0 Å². The number of benzene rings is 1. The van der Waals surface area contributed by atoms with E-state index in [4.69, 9.17) is 0 Å². The van der Waals surface area contributed by atoms with Gasteiger partial charge in [0.05, 0.1) is 15.8 Å². The SMILES string of the molecule is O=[N+]([O-])c1cc(C(F)(F)F)ccc1C#CCBr. The highest BCUT2D eigenvalue weighted by molar-refractivity contribution is 9.09. The minimum Gasteiger partial charge on any atom is -0.258 e. The second kappa shape index (κ2) is 5.19. The van der Waals surface area contributed by atoms with Gasteiger partial charge in [-0.25, -0.2) is 0 Å². The van der Waals surface area contributed by atoms with E-state index in [1.165, 1.54) is 0 Å². The molecule has 0 aliphatic rings. The second-order valence-electron chi connectivity index (χ2n) is 2.92. The van der Waals surface area contributed by atoms with Crippen LogP contribution in [0.3, 0.4) is 0 Å². The number of nitro benzene ring substituents is 1. The quantitative estimate of drug-likeness (QED) is 0.345. The van der Waals surface area contributed by atoms with Crippen LogP contribution in [0.4, 0.5) is 18.9 Å². The summed E-state index contributed by atoms with van der Waals surface area (Å²) in [5.41, 5.74) is -1.75. The molecule has 0 N–H and O–H groups in total. The predicted octanol–water partition coefficient (Wildman–Crippen LogP) is 3.36. The van der Waals surface area contributed by atoms with Crippen LogP contribution in [0.1, 0.15) is 11.1 Å². The highest BCUT2D eigenvalue weighted by atomic mass is 79.9. The summed E-state index contributed by atoms with van der Waals surface area (Å²) in [5, 5.41) is 10.9. The zero-order valence-electron chi connectivity index (χ0n) is 8.21. The Morgan fingerprint density at radius 3 is 2.53 bits per heavy atom. The monoisotopic (exact) mass is 307 g/mol. The molecule has 1 aromatic carbocycles. The maximum atomic E-state index is 12.3. The molecule has 90 valence electrons. The van der Waals surface area contributed by atoms with Gasteiger partial charge in [0.25, 0.3) is 5.69 Å². The highest BCUT2D eigenvalue weighted by Gasteiger charge is 2.32. The minimum atomic E-state index is -4.61. The summed E-state index contributed by atoms with van der Waals surface area (Å²) in [4.78, 5) is 9.74. The van der Waals surface area contributed by atoms with Crippen molar-refractivity contribution in [1.29, 1.82) is 0 Å². The van der Waals surface area contributed by atoms with Gasteiger partial charge in [-0.3, -0.25) is 10.1 Å². The van der Waals surface area contributed by atoms with E-state index in [2.05, 4.69) is 27.8 Å². The molecular weight excluding hydrogens is 303 g/mol. The third kappa shape index (κ3) is 3.46. The molecule has 0 spiro atoms. The number of hydrogen-bond donors (Lipinski definition) is 0. The normalized spacial score (nSPS) is 10.6. The van der Waals surface area contributed by atoms with Crippen molar-refractivity contribution >= 4 is 21.6 Å². The van der Waals surface area contributed by atoms with Crippen molar-refractivity contribution in [2.45, 2.75) is 6.18 Å². The lowest BCUT2D eigenvalue weighted by Crippen LogP contribution is -2.06. The van der Waals surface area contributed by atoms with Gasteiger partial charge in [-0.05, 0) is 12.1 Å². The molecule has 0 amide bonds. The van der Waals surface area contributed by atoms with E-state index < -0.39 is 22.4 Å². The third-order valence-electron chi connectivity index (χ3n) is 1.81. The molecule has 0 aliphatic heterocycles. The summed E-state index contributed by atoms with van der Waals surface area (Å²) in [6, 6.07) is 2.25. The molecule has 1 rings (SSSR count). The molecule has 0 aromatic heterocycles. The summed E-state index contributed by atoms with van der Waals surface area (Å²) in [7, 11) is 0. The van der Waals surface area contributed by atoms with Crippen molar-refractivity contribution in [3.8, 4) is 11.8 Å². The smallest absolute Gasteiger partial charge is 0.258 e. The molecule has 3 nitrogen and oxygen atoms in total. The molecule has 0 aliphatic carbocycles.